The molecule has 0 radical (unpaired) electrons. The van der Waals surface area contributed by atoms with Crippen molar-refractivity contribution in [3.8, 4) is 0 Å². The second kappa shape index (κ2) is 7.49. The van der Waals surface area contributed by atoms with Gasteiger partial charge in [-0.05, 0) is 25.0 Å². The number of hydrogen-bond acceptors (Lipinski definition) is 6. The number of ether oxygens (including phenoxy) is 1. The van der Waals surface area contributed by atoms with Crippen LogP contribution in [0.1, 0.15) is 30.3 Å². The average molecular weight is 358 g/mol. The van der Waals surface area contributed by atoms with Crippen molar-refractivity contribution >= 4 is 22.4 Å². The van der Waals surface area contributed by atoms with Crippen LogP contribution in [-0.4, -0.2) is 53.6 Å². The van der Waals surface area contributed by atoms with Crippen molar-refractivity contribution in [2.45, 2.75) is 25.3 Å². The Balaban J connectivity index is 1.49. The fraction of sp³-hybridized carbons (Fsp3) is 0.500. The number of pyridine rings is 1. The van der Waals surface area contributed by atoms with Crippen LogP contribution in [0, 0.1) is 0 Å². The van der Waals surface area contributed by atoms with Gasteiger partial charge >= 0.3 is 0 Å². The predicted molar refractivity (Wildman–Crippen MR) is 96.8 cm³/mol. The first-order chi connectivity index (χ1) is 12.3. The third kappa shape index (κ3) is 3.67. The maximum absolute atomic E-state index is 12.8. The van der Waals surface area contributed by atoms with E-state index >= 15 is 0 Å². The summed E-state index contributed by atoms with van der Waals surface area (Å²) in [6, 6.07) is 5.56. The Labute approximate surface area is 151 Å². The standard InChI is InChI=1S/C18H22N4O2S/c23-17(11-14-5-1-2-6-19-14)22-9-10-24-12-16(22)15-13-25-18(20-15)21-7-3-4-8-21/h1-2,5-6,13,16H,3-4,7-12H2/t16-/m1/s1. The van der Waals surface area contributed by atoms with Crippen LogP contribution in [0.15, 0.2) is 29.8 Å². The molecule has 0 unspecified atom stereocenters. The fourth-order valence-corrected chi connectivity index (χ4v) is 4.32. The van der Waals surface area contributed by atoms with Gasteiger partial charge in [-0.3, -0.25) is 9.78 Å². The lowest BCUT2D eigenvalue weighted by molar-refractivity contribution is -0.139. The Morgan fingerprint density at radius 1 is 1.28 bits per heavy atom. The number of aromatic nitrogens is 2. The van der Waals surface area contributed by atoms with E-state index in [0.717, 1.165) is 29.6 Å². The zero-order valence-corrected chi connectivity index (χ0v) is 15.0. The monoisotopic (exact) mass is 358 g/mol. The van der Waals surface area contributed by atoms with Gasteiger partial charge in [0.2, 0.25) is 5.91 Å². The summed E-state index contributed by atoms with van der Waals surface area (Å²) in [6.07, 6.45) is 4.51. The Hall–Kier alpha value is -1.99. The highest BCUT2D eigenvalue weighted by molar-refractivity contribution is 7.13. The molecule has 1 atom stereocenters. The van der Waals surface area contributed by atoms with Crippen molar-refractivity contribution in [1.82, 2.24) is 14.9 Å². The molecule has 132 valence electrons. The van der Waals surface area contributed by atoms with Gasteiger partial charge in [0, 0.05) is 36.9 Å². The van der Waals surface area contributed by atoms with E-state index in [1.54, 1.807) is 17.5 Å². The summed E-state index contributed by atoms with van der Waals surface area (Å²) in [6.45, 7) is 3.85. The minimum absolute atomic E-state index is 0.0859. The Morgan fingerprint density at radius 2 is 2.16 bits per heavy atom. The molecule has 0 saturated carbocycles. The second-order valence-corrected chi connectivity index (χ2v) is 7.26. The summed E-state index contributed by atoms with van der Waals surface area (Å²) >= 11 is 1.67. The van der Waals surface area contributed by atoms with E-state index in [4.69, 9.17) is 9.72 Å². The van der Waals surface area contributed by atoms with Crippen LogP contribution >= 0.6 is 11.3 Å². The van der Waals surface area contributed by atoms with Crippen molar-refractivity contribution in [2.75, 3.05) is 37.7 Å². The topological polar surface area (TPSA) is 58.6 Å². The third-order valence-electron chi connectivity index (χ3n) is 4.74. The van der Waals surface area contributed by atoms with Crippen molar-refractivity contribution in [1.29, 1.82) is 0 Å². The highest BCUT2D eigenvalue weighted by Crippen LogP contribution is 2.31. The van der Waals surface area contributed by atoms with Crippen LogP contribution in [0.3, 0.4) is 0 Å². The van der Waals surface area contributed by atoms with Gasteiger partial charge in [-0.25, -0.2) is 4.98 Å². The molecule has 25 heavy (non-hydrogen) atoms. The molecule has 4 heterocycles. The van der Waals surface area contributed by atoms with Crippen molar-refractivity contribution in [3.05, 3.63) is 41.2 Å². The molecule has 2 aromatic rings. The van der Waals surface area contributed by atoms with Crippen LogP contribution in [0.4, 0.5) is 5.13 Å². The quantitative estimate of drug-likeness (QED) is 0.839. The van der Waals surface area contributed by atoms with Crippen molar-refractivity contribution in [3.63, 3.8) is 0 Å². The number of rotatable bonds is 4. The van der Waals surface area contributed by atoms with Gasteiger partial charge in [-0.15, -0.1) is 11.3 Å². The number of carbonyl (C=O) groups excluding carboxylic acids is 1. The van der Waals surface area contributed by atoms with E-state index in [0.29, 0.717) is 26.2 Å². The number of carbonyl (C=O) groups is 1. The van der Waals surface area contributed by atoms with Crippen LogP contribution < -0.4 is 4.90 Å². The number of hydrogen-bond donors (Lipinski definition) is 0. The highest BCUT2D eigenvalue weighted by Gasteiger charge is 2.31. The maximum Gasteiger partial charge on any atom is 0.229 e. The first kappa shape index (κ1) is 16.5. The van der Waals surface area contributed by atoms with E-state index in [9.17, 15) is 4.79 Å². The minimum Gasteiger partial charge on any atom is -0.377 e. The lowest BCUT2D eigenvalue weighted by atomic mass is 10.1. The largest absolute Gasteiger partial charge is 0.377 e. The summed E-state index contributed by atoms with van der Waals surface area (Å²) < 4.78 is 5.64. The first-order valence-corrected chi connectivity index (χ1v) is 9.67. The molecule has 6 nitrogen and oxygen atoms in total. The van der Waals surface area contributed by atoms with Gasteiger partial charge in [0.1, 0.15) is 0 Å². The number of amides is 1. The lowest BCUT2D eigenvalue weighted by Crippen LogP contribution is -2.44. The predicted octanol–water partition coefficient (Wildman–Crippen LogP) is 2.28. The van der Waals surface area contributed by atoms with E-state index in [2.05, 4.69) is 15.3 Å². The number of anilines is 1. The second-order valence-electron chi connectivity index (χ2n) is 6.42. The molecule has 0 bridgehead atoms. The van der Waals surface area contributed by atoms with Gasteiger partial charge in [-0.1, -0.05) is 6.07 Å². The van der Waals surface area contributed by atoms with Crippen molar-refractivity contribution < 1.29 is 9.53 Å². The van der Waals surface area contributed by atoms with Gasteiger partial charge in [-0.2, -0.15) is 0 Å². The SMILES string of the molecule is O=C(Cc1ccccn1)N1CCOC[C@@H]1c1csc(N2CCCC2)n1. The summed E-state index contributed by atoms with van der Waals surface area (Å²) in [5.41, 5.74) is 1.75. The molecule has 2 aromatic heterocycles. The van der Waals surface area contributed by atoms with E-state index in [1.165, 1.54) is 12.8 Å². The summed E-state index contributed by atoms with van der Waals surface area (Å²) in [7, 11) is 0. The maximum atomic E-state index is 12.8. The molecule has 0 aromatic carbocycles. The van der Waals surface area contributed by atoms with Crippen LogP contribution in [0.2, 0.25) is 0 Å². The number of thiazole rings is 1. The molecular weight excluding hydrogens is 336 g/mol. The zero-order valence-electron chi connectivity index (χ0n) is 14.1. The molecule has 0 spiro atoms. The summed E-state index contributed by atoms with van der Waals surface area (Å²) in [5, 5.41) is 3.14. The molecule has 7 heteroatoms. The zero-order chi connectivity index (χ0) is 17.1. The first-order valence-electron chi connectivity index (χ1n) is 8.79. The molecule has 0 aliphatic carbocycles. The lowest BCUT2D eigenvalue weighted by Gasteiger charge is -2.34. The van der Waals surface area contributed by atoms with E-state index in [1.807, 2.05) is 23.1 Å². The van der Waals surface area contributed by atoms with Gasteiger partial charge in [0.05, 0.1) is 31.4 Å². The highest BCUT2D eigenvalue weighted by atomic mass is 32.1. The smallest absolute Gasteiger partial charge is 0.229 e. The van der Waals surface area contributed by atoms with Crippen LogP contribution in [-0.2, 0) is 16.0 Å². The minimum atomic E-state index is -0.0995. The average Bonchev–Trinajstić information content (AvgIpc) is 3.34. The summed E-state index contributed by atoms with van der Waals surface area (Å²) in [4.78, 5) is 26.1. The molecule has 4 rings (SSSR count). The molecule has 2 aliphatic heterocycles. The van der Waals surface area contributed by atoms with E-state index in [-0.39, 0.29) is 11.9 Å². The third-order valence-corrected chi connectivity index (χ3v) is 5.65. The van der Waals surface area contributed by atoms with Gasteiger partial charge in [0.15, 0.2) is 5.13 Å². The van der Waals surface area contributed by atoms with Crippen LogP contribution in [0.25, 0.3) is 0 Å². The van der Waals surface area contributed by atoms with Gasteiger partial charge < -0.3 is 14.5 Å². The molecule has 0 N–H and O–H groups in total. The molecular formula is C18H22N4O2S. The number of morpholine rings is 1. The number of nitrogens with zero attached hydrogens (tertiary/aromatic N) is 4. The van der Waals surface area contributed by atoms with Crippen LogP contribution in [0.5, 0.6) is 0 Å². The fourth-order valence-electron chi connectivity index (χ4n) is 3.39. The Bertz CT molecular complexity index is 715. The molecule has 2 saturated heterocycles. The van der Waals surface area contributed by atoms with E-state index < -0.39 is 0 Å². The normalized spacial score (nSPS) is 20.9. The Kier molecular flexibility index (Phi) is 4.94. The molecule has 2 aliphatic rings. The Morgan fingerprint density at radius 3 is 2.96 bits per heavy atom. The van der Waals surface area contributed by atoms with Gasteiger partial charge in [0.25, 0.3) is 0 Å². The van der Waals surface area contributed by atoms with Crippen molar-refractivity contribution in [2.24, 2.45) is 0 Å². The summed E-state index contributed by atoms with van der Waals surface area (Å²) in [5.74, 6) is 0.0859. The molecule has 2 fully saturated rings. The molecule has 1 amide bonds.